The van der Waals surface area contributed by atoms with Crippen LogP contribution in [-0.2, 0) is 0 Å². The third-order valence-electron chi connectivity index (χ3n) is 1.23. The van der Waals surface area contributed by atoms with Gasteiger partial charge < -0.3 is 0 Å². The topological polar surface area (TPSA) is 14.1 Å². The lowest BCUT2D eigenvalue weighted by atomic mass is 10.5. The Morgan fingerprint density at radius 1 is 1.33 bits per heavy atom. The molecule has 0 aliphatic carbocycles. The third-order valence-corrected chi connectivity index (χ3v) is 1.23. The summed E-state index contributed by atoms with van der Waals surface area (Å²) in [6.07, 6.45) is 5.80. The van der Waals surface area contributed by atoms with Crippen LogP contribution in [0.4, 0.5) is 0 Å². The van der Waals surface area contributed by atoms with Crippen molar-refractivity contribution in [3.05, 3.63) is 24.2 Å². The highest BCUT2D eigenvalue weighted by molar-refractivity contribution is 5.14. The van der Waals surface area contributed by atoms with E-state index in [0.717, 1.165) is 10.3 Å². The Morgan fingerprint density at radius 3 is 2.22 bits per heavy atom. The van der Waals surface area contributed by atoms with E-state index in [9.17, 15) is 0 Å². The van der Waals surface area contributed by atoms with Gasteiger partial charge in [0.1, 0.15) is 0 Å². The molecule has 0 saturated heterocycles. The average molecular weight is 124 g/mol. The minimum Gasteiger partial charge on any atom is -0.282 e. The predicted octanol–water partition coefficient (Wildman–Crippen LogP) is 0.666. The molecule has 0 spiro atoms. The van der Waals surface area contributed by atoms with Gasteiger partial charge in [-0.2, -0.15) is 0 Å². The Bertz CT molecular complexity index is 160. The van der Waals surface area contributed by atoms with Gasteiger partial charge in [-0.05, 0) is 6.08 Å². The number of nitrogens with zero attached hydrogens (tertiary/aromatic N) is 2. The Kier molecular flexibility index (Phi) is 1.33. The van der Waals surface area contributed by atoms with Gasteiger partial charge in [-0.3, -0.25) is 4.48 Å². The number of quaternary nitrogens is 1. The number of hydrogen-bond acceptors (Lipinski definition) is 0. The van der Waals surface area contributed by atoms with E-state index in [4.69, 9.17) is 0 Å². The van der Waals surface area contributed by atoms with Crippen molar-refractivity contribution in [1.29, 1.82) is 0 Å². The maximum atomic E-state index is 4.16. The van der Waals surface area contributed by atoms with Gasteiger partial charge in [0, 0.05) is 12.3 Å². The Morgan fingerprint density at radius 2 is 2.00 bits per heavy atom. The molecule has 0 aromatic rings. The molecule has 9 heavy (non-hydrogen) atoms. The van der Waals surface area contributed by atoms with Gasteiger partial charge in [-0.1, -0.05) is 0 Å². The maximum absolute atomic E-state index is 4.16. The second-order valence-electron chi connectivity index (χ2n) is 3.01. The second kappa shape index (κ2) is 1.88. The molecule has 1 rings (SSSR count). The average Bonchev–Trinajstić information content (AvgIpc) is 2.08. The molecular formula is C7H12N2+. The number of allylic oxidation sites excluding steroid dienone is 2. The fourth-order valence-electron chi connectivity index (χ4n) is 0.688. The largest absolute Gasteiger partial charge is 0.282 e. The highest BCUT2D eigenvalue weighted by Crippen LogP contribution is 2.09. The quantitative estimate of drug-likeness (QED) is 0.456. The van der Waals surface area contributed by atoms with Crippen LogP contribution in [-0.4, -0.2) is 25.6 Å². The molecule has 0 saturated carbocycles. The molecule has 0 aromatic heterocycles. The van der Waals surface area contributed by atoms with Crippen LogP contribution in [0.2, 0.25) is 0 Å². The van der Waals surface area contributed by atoms with Crippen molar-refractivity contribution in [2.24, 2.45) is 0 Å². The van der Waals surface area contributed by atoms with Crippen LogP contribution in [0, 0.1) is 0 Å². The predicted molar refractivity (Wildman–Crippen MR) is 37.4 cm³/mol. The highest BCUT2D eigenvalue weighted by Gasteiger charge is 2.17. The zero-order chi connectivity index (χ0) is 6.91. The third kappa shape index (κ3) is 1.33. The summed E-state index contributed by atoms with van der Waals surface area (Å²) >= 11 is 0. The van der Waals surface area contributed by atoms with E-state index in [-0.39, 0.29) is 0 Å². The number of hydrogen-bond donors (Lipinski definition) is 0. The second-order valence-corrected chi connectivity index (χ2v) is 3.01. The summed E-state index contributed by atoms with van der Waals surface area (Å²) in [5.74, 6) is 1.11. The zero-order valence-corrected chi connectivity index (χ0v) is 6.13. The van der Waals surface area contributed by atoms with E-state index in [1.165, 1.54) is 0 Å². The van der Waals surface area contributed by atoms with Crippen LogP contribution in [0.25, 0.3) is 0 Å². The SMILES string of the molecule is C[N+](C)(C)C1=CC=C[N]1. The van der Waals surface area contributed by atoms with Gasteiger partial charge >= 0.3 is 0 Å². The molecule has 0 bridgehead atoms. The lowest BCUT2D eigenvalue weighted by Crippen LogP contribution is -2.35. The van der Waals surface area contributed by atoms with Crippen molar-refractivity contribution < 1.29 is 4.48 Å². The zero-order valence-electron chi connectivity index (χ0n) is 6.13. The molecule has 0 atom stereocenters. The lowest BCUT2D eigenvalue weighted by molar-refractivity contribution is -0.834. The Hall–Kier alpha value is -0.760. The van der Waals surface area contributed by atoms with Gasteiger partial charge in [-0.25, -0.2) is 5.32 Å². The van der Waals surface area contributed by atoms with E-state index in [1.807, 2.05) is 18.4 Å². The lowest BCUT2D eigenvalue weighted by Gasteiger charge is -2.22. The maximum Gasteiger partial charge on any atom is 0.226 e. The fourth-order valence-corrected chi connectivity index (χ4v) is 0.688. The van der Waals surface area contributed by atoms with Crippen molar-refractivity contribution in [2.45, 2.75) is 0 Å². The van der Waals surface area contributed by atoms with Crippen molar-refractivity contribution in [3.8, 4) is 0 Å². The van der Waals surface area contributed by atoms with Gasteiger partial charge in [0.2, 0.25) is 5.82 Å². The van der Waals surface area contributed by atoms with Crippen LogP contribution < -0.4 is 5.32 Å². The molecule has 1 aliphatic heterocycles. The van der Waals surface area contributed by atoms with Crippen LogP contribution in [0.15, 0.2) is 24.2 Å². The molecule has 0 unspecified atom stereocenters. The minimum atomic E-state index is 0.799. The van der Waals surface area contributed by atoms with Crippen molar-refractivity contribution >= 4 is 0 Å². The van der Waals surface area contributed by atoms with Gasteiger partial charge in [0.25, 0.3) is 0 Å². The molecule has 1 aliphatic rings. The summed E-state index contributed by atoms with van der Waals surface area (Å²) in [6.45, 7) is 0. The van der Waals surface area contributed by atoms with E-state index < -0.39 is 0 Å². The van der Waals surface area contributed by atoms with E-state index in [1.54, 1.807) is 0 Å². The molecule has 49 valence electrons. The van der Waals surface area contributed by atoms with Gasteiger partial charge in [0.05, 0.1) is 21.1 Å². The van der Waals surface area contributed by atoms with Crippen molar-refractivity contribution in [1.82, 2.24) is 5.32 Å². The molecule has 1 heterocycles. The van der Waals surface area contributed by atoms with E-state index in [2.05, 4.69) is 26.5 Å². The first-order valence-corrected chi connectivity index (χ1v) is 3.00. The van der Waals surface area contributed by atoms with Gasteiger partial charge in [-0.15, -0.1) is 0 Å². The molecule has 0 amide bonds. The fraction of sp³-hybridized carbons (Fsp3) is 0.429. The summed E-state index contributed by atoms with van der Waals surface area (Å²) in [4.78, 5) is 0. The molecule has 0 fully saturated rings. The normalized spacial score (nSPS) is 17.4. The summed E-state index contributed by atoms with van der Waals surface area (Å²) in [6, 6.07) is 0. The molecule has 0 N–H and O–H groups in total. The Balaban J connectivity index is 2.66. The summed E-state index contributed by atoms with van der Waals surface area (Å²) < 4.78 is 0.799. The summed E-state index contributed by atoms with van der Waals surface area (Å²) in [5, 5.41) is 4.16. The van der Waals surface area contributed by atoms with E-state index >= 15 is 0 Å². The van der Waals surface area contributed by atoms with E-state index in [0.29, 0.717) is 0 Å². The standard InChI is InChI=1S/C7H12N2/c1-9(2,3)7-5-4-6-8-7/h4-6H,1-3H3/q+1. The van der Waals surface area contributed by atoms with Crippen LogP contribution in [0.1, 0.15) is 0 Å². The first-order chi connectivity index (χ1) is 4.11. The van der Waals surface area contributed by atoms with Crippen LogP contribution in [0.3, 0.4) is 0 Å². The number of rotatable bonds is 1. The first-order valence-electron chi connectivity index (χ1n) is 3.00. The summed E-state index contributed by atoms with van der Waals surface area (Å²) in [7, 11) is 6.30. The van der Waals surface area contributed by atoms with Crippen LogP contribution in [0.5, 0.6) is 0 Å². The highest BCUT2D eigenvalue weighted by atomic mass is 15.4. The molecule has 1 radical (unpaired) electrons. The van der Waals surface area contributed by atoms with Gasteiger partial charge in [0.15, 0.2) is 0 Å². The van der Waals surface area contributed by atoms with Crippen molar-refractivity contribution in [3.63, 3.8) is 0 Å². The first kappa shape index (κ1) is 6.36. The van der Waals surface area contributed by atoms with Crippen molar-refractivity contribution in [2.75, 3.05) is 21.1 Å². The summed E-state index contributed by atoms with van der Waals surface area (Å²) in [5.41, 5.74) is 0. The monoisotopic (exact) mass is 124 g/mol. The molecule has 2 nitrogen and oxygen atoms in total. The smallest absolute Gasteiger partial charge is 0.226 e. The molecular weight excluding hydrogens is 112 g/mol. The van der Waals surface area contributed by atoms with Crippen LogP contribution >= 0.6 is 0 Å². The minimum absolute atomic E-state index is 0.799. The molecule has 0 aromatic carbocycles. The Labute approximate surface area is 56.1 Å². The molecule has 2 heteroatoms.